The Bertz CT molecular complexity index is 1740. The fourth-order valence-electron chi connectivity index (χ4n) is 4.76. The molecule has 0 aliphatic carbocycles. The predicted octanol–water partition coefficient (Wildman–Crippen LogP) is 5.14. The molecular formula is C31H32N8O. The number of hydrogen-bond donors (Lipinski definition) is 3. The van der Waals surface area contributed by atoms with Crippen molar-refractivity contribution in [1.29, 1.82) is 0 Å². The molecular weight excluding hydrogens is 500 g/mol. The van der Waals surface area contributed by atoms with Gasteiger partial charge in [-0.2, -0.15) is 5.10 Å². The number of rotatable bonds is 5. The molecule has 4 heterocycles. The van der Waals surface area contributed by atoms with Gasteiger partial charge in [0.1, 0.15) is 11.4 Å². The maximum Gasteiger partial charge on any atom is 0.256 e. The summed E-state index contributed by atoms with van der Waals surface area (Å²) in [6.45, 7) is 4.86. The lowest BCUT2D eigenvalue weighted by Crippen LogP contribution is -2.17. The number of nitrogens with two attached hydrogens (primary N) is 2. The molecule has 2 aromatic carbocycles. The molecule has 0 bridgehead atoms. The second-order valence-corrected chi connectivity index (χ2v) is 9.49. The van der Waals surface area contributed by atoms with Crippen LogP contribution in [0.2, 0.25) is 0 Å². The molecule has 202 valence electrons. The van der Waals surface area contributed by atoms with E-state index in [4.69, 9.17) is 16.5 Å². The molecule has 0 fully saturated rings. The number of aryl methyl sites for hydroxylation is 3. The van der Waals surface area contributed by atoms with Crippen molar-refractivity contribution in [2.24, 2.45) is 12.8 Å². The minimum Gasteiger partial charge on any atom is -0.381 e. The Balaban J connectivity index is 0.000000207. The van der Waals surface area contributed by atoms with Crippen molar-refractivity contribution in [2.75, 3.05) is 17.6 Å². The van der Waals surface area contributed by atoms with E-state index in [0.717, 1.165) is 40.0 Å². The summed E-state index contributed by atoms with van der Waals surface area (Å²) in [5.74, 6) is 0.149. The molecule has 5 aromatic rings. The van der Waals surface area contributed by atoms with Gasteiger partial charge in [0.15, 0.2) is 5.82 Å². The zero-order valence-electron chi connectivity index (χ0n) is 22.8. The fourth-order valence-corrected chi connectivity index (χ4v) is 4.76. The van der Waals surface area contributed by atoms with E-state index in [-0.39, 0.29) is 11.4 Å². The van der Waals surface area contributed by atoms with Gasteiger partial charge in [-0.15, -0.1) is 5.10 Å². The number of hydrogen-bond acceptors (Lipinski definition) is 6. The fraction of sp³-hybridized carbons (Fsp3) is 0.161. The summed E-state index contributed by atoms with van der Waals surface area (Å²) in [5.41, 5.74) is 18.7. The quantitative estimate of drug-likeness (QED) is 0.287. The summed E-state index contributed by atoms with van der Waals surface area (Å²) in [7, 11) is 1.95. The number of nitrogens with one attached hydrogen (secondary N) is 1. The molecule has 0 radical (unpaired) electrons. The lowest BCUT2D eigenvalue weighted by Gasteiger charge is -2.11. The highest BCUT2D eigenvalue weighted by Gasteiger charge is 2.20. The van der Waals surface area contributed by atoms with Crippen LogP contribution in [-0.4, -0.2) is 37.0 Å². The summed E-state index contributed by atoms with van der Waals surface area (Å²) >= 11 is 0. The summed E-state index contributed by atoms with van der Waals surface area (Å²) in [6.07, 6.45) is 10.9. The number of nitrogens with zero attached hydrogens (tertiary/aromatic N) is 5. The van der Waals surface area contributed by atoms with E-state index in [2.05, 4.69) is 83.1 Å². The second kappa shape index (κ2) is 11.3. The first-order valence-corrected chi connectivity index (χ1v) is 13.1. The summed E-state index contributed by atoms with van der Waals surface area (Å²) in [4.78, 5) is 16.1. The number of benzene rings is 2. The smallest absolute Gasteiger partial charge is 0.256 e. The Kier molecular flexibility index (Phi) is 7.46. The van der Waals surface area contributed by atoms with E-state index >= 15 is 0 Å². The van der Waals surface area contributed by atoms with Crippen LogP contribution in [0.25, 0.3) is 40.5 Å². The number of para-hydroxylation sites is 1. The Hall–Kier alpha value is -5.18. The molecule has 1 aliphatic heterocycles. The van der Waals surface area contributed by atoms with Crippen LogP contribution in [0.1, 0.15) is 39.7 Å². The number of anilines is 2. The zero-order valence-corrected chi connectivity index (χ0v) is 22.8. The van der Waals surface area contributed by atoms with Gasteiger partial charge in [-0.05, 0) is 31.1 Å². The van der Waals surface area contributed by atoms with Gasteiger partial charge in [-0.25, -0.2) is 9.67 Å². The van der Waals surface area contributed by atoms with Crippen LogP contribution in [-0.2, 0) is 13.5 Å². The van der Waals surface area contributed by atoms with E-state index in [1.54, 1.807) is 6.20 Å². The molecule has 40 heavy (non-hydrogen) atoms. The number of carbonyl (C=O) groups excluding carboxylic acids is 1. The van der Waals surface area contributed by atoms with E-state index in [1.165, 1.54) is 15.6 Å². The number of pyridine rings is 1. The van der Waals surface area contributed by atoms with Crippen LogP contribution < -0.4 is 16.8 Å². The van der Waals surface area contributed by atoms with Crippen molar-refractivity contribution in [3.63, 3.8) is 0 Å². The van der Waals surface area contributed by atoms with Crippen molar-refractivity contribution in [1.82, 2.24) is 24.5 Å². The van der Waals surface area contributed by atoms with Crippen molar-refractivity contribution >= 4 is 46.8 Å². The molecule has 1 aliphatic rings. The van der Waals surface area contributed by atoms with E-state index < -0.39 is 5.91 Å². The summed E-state index contributed by atoms with van der Waals surface area (Å²) < 4.78 is 3.34. The van der Waals surface area contributed by atoms with Gasteiger partial charge in [0.2, 0.25) is 0 Å². The van der Waals surface area contributed by atoms with Gasteiger partial charge in [0.25, 0.3) is 5.91 Å². The summed E-state index contributed by atoms with van der Waals surface area (Å²) in [6, 6.07) is 19.1. The number of fused-ring (bicyclic) bond motifs is 2. The highest BCUT2D eigenvalue weighted by molar-refractivity contribution is 6.02. The third-order valence-corrected chi connectivity index (χ3v) is 6.70. The molecule has 3 aromatic heterocycles. The Morgan fingerprint density at radius 1 is 1.07 bits per heavy atom. The Labute approximate surface area is 232 Å². The standard InChI is InChI=1S/C24H23N3.C7H9N5O/c1-4-18-15-21-12-8-11-20(13-14-22-16-27(3)26-17(22)2)24(21)25-23(18)19-9-6-5-7-10-19;8-5-4(6(9)13)7-10-2-1-3-12(7)11-5/h5-16H,4H2,1-3H3;1,3,10H,2H2,(H2,8,11)(H2,9,13)/b14-13+;. The van der Waals surface area contributed by atoms with Crippen molar-refractivity contribution in [3.8, 4) is 11.3 Å². The van der Waals surface area contributed by atoms with Gasteiger partial charge in [-0.3, -0.25) is 9.48 Å². The average molecular weight is 533 g/mol. The van der Waals surface area contributed by atoms with Crippen molar-refractivity contribution in [3.05, 3.63) is 94.8 Å². The second-order valence-electron chi connectivity index (χ2n) is 9.49. The van der Waals surface area contributed by atoms with Crippen molar-refractivity contribution < 1.29 is 4.79 Å². The number of carbonyl (C=O) groups is 1. The van der Waals surface area contributed by atoms with Gasteiger partial charge < -0.3 is 16.8 Å². The van der Waals surface area contributed by atoms with Gasteiger partial charge in [-0.1, -0.05) is 67.6 Å². The minimum absolute atomic E-state index is 0.154. The van der Waals surface area contributed by atoms with Crippen LogP contribution in [0.4, 0.5) is 11.6 Å². The maximum atomic E-state index is 11.0. The third kappa shape index (κ3) is 5.35. The van der Waals surface area contributed by atoms with Crippen molar-refractivity contribution in [2.45, 2.75) is 20.3 Å². The van der Waals surface area contributed by atoms with Gasteiger partial charge in [0, 0.05) is 48.1 Å². The third-order valence-electron chi connectivity index (χ3n) is 6.70. The molecule has 0 unspecified atom stereocenters. The lowest BCUT2D eigenvalue weighted by atomic mass is 10.00. The molecule has 0 saturated heterocycles. The molecule has 6 rings (SSSR count). The SMILES string of the molecule is CCc1cc2cccc(/C=C/c3cn(C)nc3C)c2nc1-c1ccccc1.NC(=O)c1c(N)nn2c1NCC=C2. The normalized spacial score (nSPS) is 12.2. The van der Waals surface area contributed by atoms with Crippen LogP contribution in [0.3, 0.4) is 0 Å². The maximum absolute atomic E-state index is 11.0. The number of amides is 1. The molecule has 0 saturated carbocycles. The topological polar surface area (TPSA) is 130 Å². The van der Waals surface area contributed by atoms with Crippen LogP contribution >= 0.6 is 0 Å². The number of nitrogen functional groups attached to an aromatic ring is 1. The lowest BCUT2D eigenvalue weighted by molar-refractivity contribution is 0.100. The molecule has 1 amide bonds. The monoisotopic (exact) mass is 532 g/mol. The highest BCUT2D eigenvalue weighted by Crippen LogP contribution is 2.29. The first-order chi connectivity index (χ1) is 19.4. The predicted molar refractivity (Wildman–Crippen MR) is 162 cm³/mol. The number of primary amides is 1. The summed E-state index contributed by atoms with van der Waals surface area (Å²) in [5, 5.41) is 12.5. The van der Waals surface area contributed by atoms with Gasteiger partial charge in [0.05, 0.1) is 16.9 Å². The molecule has 0 atom stereocenters. The van der Waals surface area contributed by atoms with Crippen LogP contribution in [0, 0.1) is 6.92 Å². The van der Waals surface area contributed by atoms with Crippen LogP contribution in [0.5, 0.6) is 0 Å². The number of aromatic nitrogens is 5. The van der Waals surface area contributed by atoms with E-state index in [1.807, 2.05) is 37.0 Å². The Morgan fingerprint density at radius 2 is 1.85 bits per heavy atom. The highest BCUT2D eigenvalue weighted by atomic mass is 16.1. The van der Waals surface area contributed by atoms with Crippen LogP contribution in [0.15, 0.2) is 66.9 Å². The zero-order chi connectivity index (χ0) is 28.2. The molecule has 0 spiro atoms. The Morgan fingerprint density at radius 3 is 2.55 bits per heavy atom. The molecule has 9 heteroatoms. The first kappa shape index (κ1) is 26.4. The molecule has 5 N–H and O–H groups in total. The molecule has 9 nitrogen and oxygen atoms in total. The minimum atomic E-state index is -0.568. The largest absolute Gasteiger partial charge is 0.381 e. The average Bonchev–Trinajstić information content (AvgIpc) is 3.48. The van der Waals surface area contributed by atoms with E-state index in [9.17, 15) is 4.79 Å². The first-order valence-electron chi connectivity index (χ1n) is 13.1. The van der Waals surface area contributed by atoms with E-state index in [0.29, 0.717) is 12.4 Å². The van der Waals surface area contributed by atoms with Gasteiger partial charge >= 0.3 is 0 Å².